The fraction of sp³-hybridized carbons (Fsp3) is 0.333. The van der Waals surface area contributed by atoms with Crippen LogP contribution >= 0.6 is 11.6 Å². The second-order valence-electron chi connectivity index (χ2n) is 3.47. The number of halogens is 1. The SMILES string of the molecule is CS(=O)(=O)CCNC(=O)c1cc(N)ncc1Cl. The molecule has 1 heterocycles. The minimum atomic E-state index is -3.11. The molecule has 6 nitrogen and oxygen atoms in total. The molecule has 0 saturated carbocycles. The maximum absolute atomic E-state index is 11.6. The minimum absolute atomic E-state index is 0.0240. The highest BCUT2D eigenvalue weighted by Crippen LogP contribution is 2.16. The van der Waals surface area contributed by atoms with Crippen molar-refractivity contribution in [3.8, 4) is 0 Å². The zero-order valence-corrected chi connectivity index (χ0v) is 10.7. The number of anilines is 1. The van der Waals surface area contributed by atoms with Crippen molar-refractivity contribution in [1.29, 1.82) is 0 Å². The van der Waals surface area contributed by atoms with E-state index in [-0.39, 0.29) is 28.7 Å². The quantitative estimate of drug-likeness (QED) is 0.812. The van der Waals surface area contributed by atoms with Crippen LogP contribution in [0.1, 0.15) is 10.4 Å². The van der Waals surface area contributed by atoms with Crippen molar-refractivity contribution in [2.75, 3.05) is 24.3 Å². The van der Waals surface area contributed by atoms with E-state index >= 15 is 0 Å². The molecule has 0 radical (unpaired) electrons. The summed E-state index contributed by atoms with van der Waals surface area (Å²) in [7, 11) is -3.11. The summed E-state index contributed by atoms with van der Waals surface area (Å²) in [5, 5.41) is 2.60. The van der Waals surface area contributed by atoms with Gasteiger partial charge in [-0.15, -0.1) is 0 Å². The van der Waals surface area contributed by atoms with Crippen LogP contribution in [0.25, 0.3) is 0 Å². The molecule has 0 atom stereocenters. The lowest BCUT2D eigenvalue weighted by atomic mass is 10.2. The third kappa shape index (κ3) is 4.58. The van der Waals surface area contributed by atoms with Gasteiger partial charge in [-0.1, -0.05) is 11.6 Å². The van der Waals surface area contributed by atoms with Crippen LogP contribution in [-0.2, 0) is 9.84 Å². The molecular formula is C9H12ClN3O3S. The van der Waals surface area contributed by atoms with Gasteiger partial charge < -0.3 is 11.1 Å². The second-order valence-corrected chi connectivity index (χ2v) is 6.14. The first kappa shape index (κ1) is 13.7. The Bertz CT molecular complexity index is 530. The molecule has 3 N–H and O–H groups in total. The van der Waals surface area contributed by atoms with Gasteiger partial charge in [-0.3, -0.25) is 4.79 Å². The van der Waals surface area contributed by atoms with Gasteiger partial charge in [0.05, 0.1) is 16.3 Å². The molecule has 94 valence electrons. The Morgan fingerprint density at radius 1 is 1.59 bits per heavy atom. The Morgan fingerprint density at radius 2 is 2.24 bits per heavy atom. The highest BCUT2D eigenvalue weighted by atomic mass is 35.5. The van der Waals surface area contributed by atoms with E-state index in [0.717, 1.165) is 6.26 Å². The van der Waals surface area contributed by atoms with Gasteiger partial charge in [-0.2, -0.15) is 0 Å². The van der Waals surface area contributed by atoms with Crippen LogP contribution in [0.3, 0.4) is 0 Å². The monoisotopic (exact) mass is 277 g/mol. The molecule has 8 heteroatoms. The lowest BCUT2D eigenvalue weighted by molar-refractivity contribution is 0.0956. The van der Waals surface area contributed by atoms with Crippen LogP contribution in [0, 0.1) is 0 Å². The summed E-state index contributed by atoms with van der Waals surface area (Å²) < 4.78 is 21.7. The number of rotatable bonds is 4. The molecule has 0 aromatic carbocycles. The van der Waals surface area contributed by atoms with Crippen LogP contribution in [0.15, 0.2) is 12.3 Å². The zero-order valence-electron chi connectivity index (χ0n) is 9.10. The van der Waals surface area contributed by atoms with E-state index in [4.69, 9.17) is 17.3 Å². The fourth-order valence-corrected chi connectivity index (χ4v) is 1.74. The average molecular weight is 278 g/mol. The van der Waals surface area contributed by atoms with Crippen molar-refractivity contribution < 1.29 is 13.2 Å². The number of nitrogens with one attached hydrogen (secondary N) is 1. The first-order chi connectivity index (χ1) is 7.79. The Labute approximate surface area is 104 Å². The van der Waals surface area contributed by atoms with E-state index in [0.29, 0.717) is 0 Å². The second kappa shape index (κ2) is 5.33. The molecule has 0 fully saturated rings. The average Bonchev–Trinajstić information content (AvgIpc) is 2.19. The number of carbonyl (C=O) groups is 1. The molecule has 0 saturated heterocycles. The van der Waals surface area contributed by atoms with E-state index in [1.165, 1.54) is 12.3 Å². The van der Waals surface area contributed by atoms with Gasteiger partial charge >= 0.3 is 0 Å². The summed E-state index contributed by atoms with van der Waals surface area (Å²) in [5.74, 6) is -0.438. The normalized spacial score (nSPS) is 11.2. The standard InChI is InChI=1S/C9H12ClN3O3S/c1-17(15,16)3-2-12-9(14)6-4-8(11)13-5-7(6)10/h4-5H,2-3H2,1H3,(H2,11,13)(H,12,14). The van der Waals surface area contributed by atoms with Crippen molar-refractivity contribution >= 4 is 33.2 Å². The maximum Gasteiger partial charge on any atom is 0.253 e. The lowest BCUT2D eigenvalue weighted by Crippen LogP contribution is -2.29. The van der Waals surface area contributed by atoms with E-state index in [9.17, 15) is 13.2 Å². The molecule has 0 aliphatic heterocycles. The predicted octanol–water partition coefficient (Wildman–Crippen LogP) is 0.0916. The number of aromatic nitrogens is 1. The van der Waals surface area contributed by atoms with Gasteiger partial charge in [0.1, 0.15) is 15.7 Å². The molecule has 0 spiro atoms. The van der Waals surface area contributed by atoms with E-state index in [2.05, 4.69) is 10.3 Å². The molecule has 1 rings (SSSR count). The van der Waals surface area contributed by atoms with Crippen LogP contribution < -0.4 is 11.1 Å². The summed E-state index contributed by atoms with van der Waals surface area (Å²) in [4.78, 5) is 15.3. The van der Waals surface area contributed by atoms with Crippen LogP contribution in [0.5, 0.6) is 0 Å². The fourth-order valence-electron chi connectivity index (χ4n) is 1.07. The predicted molar refractivity (Wildman–Crippen MR) is 65.7 cm³/mol. The smallest absolute Gasteiger partial charge is 0.253 e. The molecule has 1 aromatic rings. The van der Waals surface area contributed by atoms with Crippen molar-refractivity contribution in [3.05, 3.63) is 22.8 Å². The molecule has 0 aliphatic carbocycles. The largest absolute Gasteiger partial charge is 0.384 e. The summed E-state index contributed by atoms with van der Waals surface area (Å²) in [6.45, 7) is 0.0240. The summed E-state index contributed by atoms with van der Waals surface area (Å²) in [6.07, 6.45) is 2.36. The van der Waals surface area contributed by atoms with E-state index in [1.807, 2.05) is 0 Å². The van der Waals surface area contributed by atoms with E-state index < -0.39 is 15.7 Å². The van der Waals surface area contributed by atoms with E-state index in [1.54, 1.807) is 0 Å². The minimum Gasteiger partial charge on any atom is -0.384 e. The summed E-state index contributed by atoms with van der Waals surface area (Å²) in [6, 6.07) is 1.33. The number of nitrogens with two attached hydrogens (primary N) is 1. The van der Waals surface area contributed by atoms with Crippen LogP contribution in [-0.4, -0.2) is 37.9 Å². The molecule has 0 aliphatic rings. The highest BCUT2D eigenvalue weighted by molar-refractivity contribution is 7.90. The third-order valence-electron chi connectivity index (χ3n) is 1.88. The van der Waals surface area contributed by atoms with Gasteiger partial charge in [0.15, 0.2) is 0 Å². The van der Waals surface area contributed by atoms with Crippen molar-refractivity contribution in [2.24, 2.45) is 0 Å². The third-order valence-corrected chi connectivity index (χ3v) is 3.13. The van der Waals surface area contributed by atoms with Gasteiger partial charge in [0, 0.05) is 19.0 Å². The molecule has 0 bridgehead atoms. The zero-order chi connectivity index (χ0) is 13.1. The number of nitrogen functional groups attached to an aromatic ring is 1. The van der Waals surface area contributed by atoms with Crippen LogP contribution in [0.4, 0.5) is 5.82 Å². The Hall–Kier alpha value is -1.34. The maximum atomic E-state index is 11.6. The number of hydrogen-bond acceptors (Lipinski definition) is 5. The number of hydrogen-bond donors (Lipinski definition) is 2. The Balaban J connectivity index is 2.67. The van der Waals surface area contributed by atoms with Crippen molar-refractivity contribution in [1.82, 2.24) is 10.3 Å². The molecule has 1 aromatic heterocycles. The number of amides is 1. The summed E-state index contributed by atoms with van der Waals surface area (Å²) >= 11 is 5.76. The molecule has 1 amide bonds. The molecular weight excluding hydrogens is 266 g/mol. The lowest BCUT2D eigenvalue weighted by Gasteiger charge is -2.06. The van der Waals surface area contributed by atoms with Gasteiger partial charge in [-0.25, -0.2) is 13.4 Å². The Kier molecular flexibility index (Phi) is 4.30. The first-order valence-electron chi connectivity index (χ1n) is 4.66. The first-order valence-corrected chi connectivity index (χ1v) is 7.10. The summed E-state index contributed by atoms with van der Waals surface area (Å²) in [5.41, 5.74) is 5.59. The molecule has 17 heavy (non-hydrogen) atoms. The number of carbonyl (C=O) groups excluding carboxylic acids is 1. The number of pyridine rings is 1. The van der Waals surface area contributed by atoms with Crippen molar-refractivity contribution in [2.45, 2.75) is 0 Å². The Morgan fingerprint density at radius 3 is 2.82 bits per heavy atom. The highest BCUT2D eigenvalue weighted by Gasteiger charge is 2.11. The molecule has 0 unspecified atom stereocenters. The topological polar surface area (TPSA) is 102 Å². The van der Waals surface area contributed by atoms with Crippen molar-refractivity contribution in [3.63, 3.8) is 0 Å². The van der Waals surface area contributed by atoms with Gasteiger partial charge in [-0.05, 0) is 6.07 Å². The van der Waals surface area contributed by atoms with Gasteiger partial charge in [0.25, 0.3) is 5.91 Å². The number of sulfone groups is 1. The number of nitrogens with zero attached hydrogens (tertiary/aromatic N) is 1. The van der Waals surface area contributed by atoms with Gasteiger partial charge in [0.2, 0.25) is 0 Å². The van der Waals surface area contributed by atoms with Crippen LogP contribution in [0.2, 0.25) is 5.02 Å².